The van der Waals surface area contributed by atoms with E-state index in [0.29, 0.717) is 17.5 Å². The Bertz CT molecular complexity index is 2800. The number of fused-ring (bicyclic) bond motifs is 7. The summed E-state index contributed by atoms with van der Waals surface area (Å²) < 4.78 is 9.28. The number of hydrogen-bond acceptors (Lipinski definition) is 4. The number of aromatic nitrogens is 4. The van der Waals surface area contributed by atoms with Crippen LogP contribution in [0.25, 0.3) is 94.7 Å². The van der Waals surface area contributed by atoms with Crippen molar-refractivity contribution < 1.29 is 4.42 Å². The molecule has 0 aliphatic carbocycles. The number of nitrogens with zero attached hydrogens (tertiary/aromatic N) is 4. The van der Waals surface area contributed by atoms with Crippen LogP contribution in [0.3, 0.4) is 0 Å². The first-order valence-corrected chi connectivity index (χ1v) is 16.7. The molecule has 7 aromatic carbocycles. The fraction of sp³-hybridized carbons (Fsp3) is 0. The van der Waals surface area contributed by atoms with Crippen LogP contribution in [0, 0.1) is 0 Å². The molecule has 5 nitrogen and oxygen atoms in total. The summed E-state index contributed by atoms with van der Waals surface area (Å²) in [5, 5.41) is 4.46. The van der Waals surface area contributed by atoms with Gasteiger partial charge in [-0.15, -0.1) is 0 Å². The highest BCUT2D eigenvalue weighted by Gasteiger charge is 2.20. The summed E-state index contributed by atoms with van der Waals surface area (Å²) in [5.41, 5.74) is 9.96. The lowest BCUT2D eigenvalue weighted by molar-refractivity contribution is 0.674. The van der Waals surface area contributed by atoms with E-state index in [1.54, 1.807) is 0 Å². The van der Waals surface area contributed by atoms with E-state index in [1.807, 2.05) is 60.7 Å². The van der Waals surface area contributed by atoms with E-state index in [2.05, 4.69) is 114 Å². The first-order valence-electron chi connectivity index (χ1n) is 16.7. The zero-order valence-corrected chi connectivity index (χ0v) is 26.9. The highest BCUT2D eigenvalue weighted by molar-refractivity contribution is 6.24. The van der Waals surface area contributed by atoms with E-state index in [-0.39, 0.29) is 0 Å². The zero-order valence-electron chi connectivity index (χ0n) is 26.9. The molecule has 3 aromatic heterocycles. The molecule has 10 rings (SSSR count). The van der Waals surface area contributed by atoms with Gasteiger partial charge in [0.2, 0.25) is 0 Å². The lowest BCUT2D eigenvalue weighted by Gasteiger charge is -2.10. The zero-order chi connectivity index (χ0) is 33.0. The third-order valence-corrected chi connectivity index (χ3v) is 9.45. The van der Waals surface area contributed by atoms with Gasteiger partial charge < -0.3 is 8.98 Å². The minimum Gasteiger partial charge on any atom is -0.455 e. The van der Waals surface area contributed by atoms with Crippen molar-refractivity contribution in [1.29, 1.82) is 0 Å². The maximum atomic E-state index is 6.95. The first kappa shape index (κ1) is 28.2. The molecule has 10 aromatic rings. The van der Waals surface area contributed by atoms with Gasteiger partial charge in [-0.25, -0.2) is 15.0 Å². The van der Waals surface area contributed by atoms with E-state index in [0.717, 1.165) is 77.2 Å². The molecular weight excluding hydrogens is 613 g/mol. The standard InChI is InChI=1S/C45H28N4O/c1-4-14-29(15-5-1)43-46-44(30-16-6-2-7-17-30)48-45(47-43)32-19-12-18-31(28-32)34-23-13-24-35-36-26-27-39-40(42(36)50-41(34)35)37-22-10-11-25-38(37)49(39)33-20-8-3-9-21-33/h1-28H. The molecule has 0 radical (unpaired) electrons. The van der Waals surface area contributed by atoms with Gasteiger partial charge in [0.1, 0.15) is 11.2 Å². The van der Waals surface area contributed by atoms with Crippen LogP contribution >= 0.6 is 0 Å². The quantitative estimate of drug-likeness (QED) is 0.188. The summed E-state index contributed by atoms with van der Waals surface area (Å²) in [5.74, 6) is 1.89. The number of benzene rings is 7. The number of para-hydroxylation sites is 3. The summed E-state index contributed by atoms with van der Waals surface area (Å²) in [6.45, 7) is 0. The summed E-state index contributed by atoms with van der Waals surface area (Å²) >= 11 is 0. The van der Waals surface area contributed by atoms with E-state index < -0.39 is 0 Å². The first-order chi connectivity index (χ1) is 24.8. The molecule has 0 unspecified atom stereocenters. The van der Waals surface area contributed by atoms with Gasteiger partial charge in [0.25, 0.3) is 0 Å². The molecule has 234 valence electrons. The topological polar surface area (TPSA) is 56.7 Å². The Morgan fingerprint density at radius 3 is 1.64 bits per heavy atom. The molecule has 0 amide bonds. The van der Waals surface area contributed by atoms with Crippen molar-refractivity contribution in [3.8, 4) is 51.0 Å². The molecule has 0 N–H and O–H groups in total. The largest absolute Gasteiger partial charge is 0.455 e. The molecule has 0 saturated heterocycles. The van der Waals surface area contributed by atoms with Crippen LogP contribution in [0.5, 0.6) is 0 Å². The number of rotatable bonds is 5. The third kappa shape index (κ3) is 4.52. The molecule has 3 heterocycles. The van der Waals surface area contributed by atoms with Crippen molar-refractivity contribution >= 4 is 43.7 Å². The lowest BCUT2D eigenvalue weighted by Crippen LogP contribution is -2.00. The minimum atomic E-state index is 0.617. The van der Waals surface area contributed by atoms with Gasteiger partial charge >= 0.3 is 0 Å². The van der Waals surface area contributed by atoms with Gasteiger partial charge in [-0.1, -0.05) is 133 Å². The Hall–Kier alpha value is -6.85. The fourth-order valence-corrected chi connectivity index (χ4v) is 7.15. The number of hydrogen-bond donors (Lipinski definition) is 0. The van der Waals surface area contributed by atoms with E-state index in [4.69, 9.17) is 19.4 Å². The Kier molecular flexibility index (Phi) is 6.42. The second kappa shape index (κ2) is 11.4. The summed E-state index contributed by atoms with van der Waals surface area (Å²) in [6, 6.07) is 58.4. The Morgan fingerprint density at radius 2 is 0.920 bits per heavy atom. The number of furan rings is 1. The molecule has 0 spiro atoms. The van der Waals surface area contributed by atoms with Gasteiger partial charge in [-0.2, -0.15) is 0 Å². The summed E-state index contributed by atoms with van der Waals surface area (Å²) in [4.78, 5) is 14.8. The van der Waals surface area contributed by atoms with Crippen molar-refractivity contribution in [3.63, 3.8) is 0 Å². The van der Waals surface area contributed by atoms with Gasteiger partial charge in [0.05, 0.1) is 16.4 Å². The van der Waals surface area contributed by atoms with Crippen LogP contribution in [-0.2, 0) is 0 Å². The Labute approximate surface area is 287 Å². The molecule has 0 aliphatic heterocycles. The SMILES string of the molecule is c1ccc(-c2nc(-c3ccccc3)nc(-c3cccc(-c4cccc5c4oc4c5ccc5c4c4ccccc4n5-c4ccccc4)c3)n2)cc1. The van der Waals surface area contributed by atoms with E-state index >= 15 is 0 Å². The minimum absolute atomic E-state index is 0.617. The molecular formula is C45H28N4O. The predicted octanol–water partition coefficient (Wildman–Crippen LogP) is 11.5. The predicted molar refractivity (Wildman–Crippen MR) is 203 cm³/mol. The van der Waals surface area contributed by atoms with Crippen LogP contribution in [0.1, 0.15) is 0 Å². The smallest absolute Gasteiger partial charge is 0.164 e. The van der Waals surface area contributed by atoms with Gasteiger partial charge in [0, 0.05) is 44.1 Å². The van der Waals surface area contributed by atoms with Crippen LogP contribution in [0.2, 0.25) is 0 Å². The highest BCUT2D eigenvalue weighted by Crippen LogP contribution is 2.43. The van der Waals surface area contributed by atoms with Crippen molar-refractivity contribution in [3.05, 3.63) is 170 Å². The van der Waals surface area contributed by atoms with Crippen molar-refractivity contribution in [2.45, 2.75) is 0 Å². The molecule has 0 saturated carbocycles. The van der Waals surface area contributed by atoms with Crippen molar-refractivity contribution in [1.82, 2.24) is 19.5 Å². The molecule has 0 fully saturated rings. The highest BCUT2D eigenvalue weighted by atomic mass is 16.3. The van der Waals surface area contributed by atoms with Crippen LogP contribution in [0.15, 0.2) is 174 Å². The van der Waals surface area contributed by atoms with Crippen LogP contribution in [-0.4, -0.2) is 19.5 Å². The maximum Gasteiger partial charge on any atom is 0.164 e. The van der Waals surface area contributed by atoms with Gasteiger partial charge in [0.15, 0.2) is 17.5 Å². The van der Waals surface area contributed by atoms with E-state index in [1.165, 1.54) is 0 Å². The van der Waals surface area contributed by atoms with Gasteiger partial charge in [-0.3, -0.25) is 0 Å². The molecule has 5 heteroatoms. The van der Waals surface area contributed by atoms with Crippen LogP contribution in [0.4, 0.5) is 0 Å². The normalized spacial score (nSPS) is 11.6. The van der Waals surface area contributed by atoms with Crippen molar-refractivity contribution in [2.24, 2.45) is 0 Å². The fourth-order valence-electron chi connectivity index (χ4n) is 7.15. The van der Waals surface area contributed by atoms with E-state index in [9.17, 15) is 0 Å². The lowest BCUT2D eigenvalue weighted by atomic mass is 10.00. The average Bonchev–Trinajstić information content (AvgIpc) is 3.75. The Morgan fingerprint density at radius 1 is 0.380 bits per heavy atom. The summed E-state index contributed by atoms with van der Waals surface area (Å²) in [7, 11) is 0. The van der Waals surface area contributed by atoms with Crippen LogP contribution < -0.4 is 0 Å². The second-order valence-corrected chi connectivity index (χ2v) is 12.4. The second-order valence-electron chi connectivity index (χ2n) is 12.4. The van der Waals surface area contributed by atoms with Crippen molar-refractivity contribution in [2.75, 3.05) is 0 Å². The molecule has 0 aliphatic rings. The third-order valence-electron chi connectivity index (χ3n) is 9.45. The Balaban J connectivity index is 1.16. The average molecular weight is 641 g/mol. The molecule has 0 atom stereocenters. The molecule has 0 bridgehead atoms. The maximum absolute atomic E-state index is 6.95. The molecule has 50 heavy (non-hydrogen) atoms. The summed E-state index contributed by atoms with van der Waals surface area (Å²) in [6.07, 6.45) is 0. The monoisotopic (exact) mass is 640 g/mol. The van der Waals surface area contributed by atoms with Gasteiger partial charge in [-0.05, 0) is 42.0 Å².